The smallest absolute Gasteiger partial charge is 0.261 e. The third kappa shape index (κ3) is 7.44. The van der Waals surface area contributed by atoms with Crippen LogP contribution in [-0.4, -0.2) is 51.0 Å². The lowest BCUT2D eigenvalue weighted by Gasteiger charge is -2.34. The standard InChI is InChI=1S/C35H33F3N6O2S/c1-20(2)44-16-13-25(14-17-44)46-30-11-10-24(19-28(30)38)42-35-39-15-12-29(43-35)33-32(40-21(3)47-33)22-6-4-7-23(18-22)41-34(45)31-26(36)8-5-9-27(31)37/h4-12,15,18-20,25H,13-14,16-17H2,1-3H3,(H,41,45)(H,39,42,43). The molecule has 1 amide bonds. The molecule has 8 nitrogen and oxygen atoms in total. The van der Waals surface area contributed by atoms with Gasteiger partial charge in [0.15, 0.2) is 11.6 Å². The fraction of sp³-hybridized carbons (Fsp3) is 0.257. The van der Waals surface area contributed by atoms with Gasteiger partial charge in [0, 0.05) is 48.3 Å². The van der Waals surface area contributed by atoms with E-state index >= 15 is 4.39 Å². The average Bonchev–Trinajstić information content (AvgIpc) is 3.44. The van der Waals surface area contributed by atoms with Crippen LogP contribution in [0.5, 0.6) is 5.75 Å². The van der Waals surface area contributed by atoms with Crippen molar-refractivity contribution in [3.05, 3.63) is 101 Å². The number of aryl methyl sites for hydroxylation is 1. The summed E-state index contributed by atoms with van der Waals surface area (Å²) in [5.74, 6) is -2.79. The van der Waals surface area contributed by atoms with E-state index in [1.54, 1.807) is 42.6 Å². The Balaban J connectivity index is 1.17. The summed E-state index contributed by atoms with van der Waals surface area (Å²) >= 11 is 1.43. The zero-order valence-corrected chi connectivity index (χ0v) is 26.9. The minimum absolute atomic E-state index is 0.0257. The number of ether oxygens (including phenoxy) is 1. The Bertz CT molecular complexity index is 1890. The summed E-state index contributed by atoms with van der Waals surface area (Å²) in [6.45, 7) is 8.07. The highest BCUT2D eigenvalue weighted by Crippen LogP contribution is 2.37. The summed E-state index contributed by atoms with van der Waals surface area (Å²) in [6.07, 6.45) is 3.27. The molecule has 47 heavy (non-hydrogen) atoms. The molecular weight excluding hydrogens is 625 g/mol. The van der Waals surface area contributed by atoms with E-state index in [0.717, 1.165) is 47.9 Å². The SMILES string of the molecule is Cc1nc(-c2cccc(NC(=O)c3c(F)cccc3F)c2)c(-c2ccnc(Nc3ccc(OC4CCN(C(C)C)CC4)c(F)c3)n2)s1. The van der Waals surface area contributed by atoms with Crippen molar-refractivity contribution >= 4 is 34.6 Å². The Labute approximate surface area is 274 Å². The molecule has 1 aliphatic rings. The van der Waals surface area contributed by atoms with E-state index in [9.17, 15) is 13.6 Å². The summed E-state index contributed by atoms with van der Waals surface area (Å²) in [6, 6.07) is 17.0. The molecule has 2 aromatic heterocycles. The number of benzene rings is 3. The zero-order chi connectivity index (χ0) is 33.1. The van der Waals surface area contributed by atoms with Crippen LogP contribution in [0.25, 0.3) is 21.8 Å². The van der Waals surface area contributed by atoms with Gasteiger partial charge in [-0.2, -0.15) is 0 Å². The molecule has 6 rings (SSSR count). The van der Waals surface area contributed by atoms with Crippen molar-refractivity contribution < 1.29 is 22.7 Å². The van der Waals surface area contributed by atoms with Gasteiger partial charge in [-0.1, -0.05) is 18.2 Å². The Morgan fingerprint density at radius 2 is 1.68 bits per heavy atom. The number of aromatic nitrogens is 3. The van der Waals surface area contributed by atoms with Gasteiger partial charge in [0.25, 0.3) is 5.91 Å². The third-order valence-electron chi connectivity index (χ3n) is 7.89. The largest absolute Gasteiger partial charge is 0.487 e. The minimum atomic E-state index is -0.950. The maximum absolute atomic E-state index is 15.1. The minimum Gasteiger partial charge on any atom is -0.487 e. The normalized spacial score (nSPS) is 13.9. The van der Waals surface area contributed by atoms with E-state index in [1.807, 2.05) is 13.0 Å². The molecule has 0 saturated carbocycles. The van der Waals surface area contributed by atoms with E-state index in [1.165, 1.54) is 23.5 Å². The lowest BCUT2D eigenvalue weighted by Crippen LogP contribution is -2.41. The molecule has 5 aromatic rings. The molecule has 0 aliphatic carbocycles. The number of nitrogens with zero attached hydrogens (tertiary/aromatic N) is 4. The molecule has 3 heterocycles. The first-order valence-electron chi connectivity index (χ1n) is 15.3. The number of carbonyl (C=O) groups is 1. The van der Waals surface area contributed by atoms with Crippen LogP contribution in [0, 0.1) is 24.4 Å². The molecule has 0 atom stereocenters. The highest BCUT2D eigenvalue weighted by atomic mass is 32.1. The van der Waals surface area contributed by atoms with Crippen LogP contribution in [0.3, 0.4) is 0 Å². The van der Waals surface area contributed by atoms with Crippen LogP contribution in [0.4, 0.5) is 30.5 Å². The van der Waals surface area contributed by atoms with E-state index in [-0.39, 0.29) is 17.8 Å². The number of thiazole rings is 1. The molecule has 12 heteroatoms. The van der Waals surface area contributed by atoms with Crippen LogP contribution in [0.15, 0.2) is 72.9 Å². The molecule has 3 aromatic carbocycles. The topological polar surface area (TPSA) is 92.3 Å². The van der Waals surface area contributed by atoms with Gasteiger partial charge in [-0.05, 0) is 76.1 Å². The Kier molecular flexibility index (Phi) is 9.50. The second-order valence-corrected chi connectivity index (χ2v) is 12.7. The van der Waals surface area contributed by atoms with E-state index in [4.69, 9.17) is 9.72 Å². The van der Waals surface area contributed by atoms with Crippen molar-refractivity contribution in [1.82, 2.24) is 19.9 Å². The number of anilines is 3. The number of hydrogen-bond donors (Lipinski definition) is 2. The predicted octanol–water partition coefficient (Wildman–Crippen LogP) is 8.24. The van der Waals surface area contributed by atoms with E-state index < -0.39 is 28.9 Å². The number of amides is 1. The predicted molar refractivity (Wildman–Crippen MR) is 178 cm³/mol. The fourth-order valence-electron chi connectivity index (χ4n) is 5.49. The van der Waals surface area contributed by atoms with Crippen LogP contribution < -0.4 is 15.4 Å². The maximum atomic E-state index is 15.1. The van der Waals surface area contributed by atoms with E-state index in [2.05, 4.69) is 39.3 Å². The number of carbonyl (C=O) groups excluding carboxylic acids is 1. The zero-order valence-electron chi connectivity index (χ0n) is 26.1. The molecule has 0 unspecified atom stereocenters. The van der Waals surface area contributed by atoms with Gasteiger partial charge >= 0.3 is 0 Å². The Morgan fingerprint density at radius 3 is 2.40 bits per heavy atom. The van der Waals surface area contributed by atoms with Crippen molar-refractivity contribution in [1.29, 1.82) is 0 Å². The first-order valence-corrected chi connectivity index (χ1v) is 16.1. The summed E-state index contributed by atoms with van der Waals surface area (Å²) in [5, 5.41) is 6.42. The molecule has 1 aliphatic heterocycles. The lowest BCUT2D eigenvalue weighted by atomic mass is 10.1. The Hall–Kier alpha value is -4.81. The number of nitrogens with one attached hydrogen (secondary N) is 2. The first kappa shape index (κ1) is 32.1. The quantitative estimate of drug-likeness (QED) is 0.165. The van der Waals surface area contributed by atoms with Gasteiger partial charge < -0.3 is 20.3 Å². The number of halogens is 3. The van der Waals surface area contributed by atoms with Gasteiger partial charge in [-0.25, -0.2) is 28.1 Å². The molecule has 0 bridgehead atoms. The molecule has 0 radical (unpaired) electrons. The van der Waals surface area contributed by atoms with Crippen LogP contribution in [0.2, 0.25) is 0 Å². The Morgan fingerprint density at radius 1 is 0.936 bits per heavy atom. The van der Waals surface area contributed by atoms with Gasteiger partial charge in [0.1, 0.15) is 23.3 Å². The van der Waals surface area contributed by atoms with Gasteiger partial charge in [-0.15, -0.1) is 11.3 Å². The van der Waals surface area contributed by atoms with Crippen molar-refractivity contribution in [2.75, 3.05) is 23.7 Å². The van der Waals surface area contributed by atoms with Crippen LogP contribution >= 0.6 is 11.3 Å². The molecular formula is C35H33F3N6O2S. The third-order valence-corrected chi connectivity index (χ3v) is 8.89. The molecule has 0 spiro atoms. The number of piperidine rings is 1. The molecule has 1 saturated heterocycles. The highest BCUT2D eigenvalue weighted by Gasteiger charge is 2.23. The molecule has 1 fully saturated rings. The van der Waals surface area contributed by atoms with Gasteiger partial charge in [0.2, 0.25) is 5.95 Å². The van der Waals surface area contributed by atoms with Crippen LogP contribution in [0.1, 0.15) is 42.1 Å². The van der Waals surface area contributed by atoms with Crippen molar-refractivity contribution in [2.24, 2.45) is 0 Å². The first-order chi connectivity index (χ1) is 22.6. The monoisotopic (exact) mass is 658 g/mol. The van der Waals surface area contributed by atoms with E-state index in [0.29, 0.717) is 34.4 Å². The summed E-state index contributed by atoms with van der Waals surface area (Å²) in [4.78, 5) is 29.5. The second kappa shape index (κ2) is 13.9. The average molecular weight is 659 g/mol. The van der Waals surface area contributed by atoms with Gasteiger partial charge in [-0.3, -0.25) is 4.79 Å². The molecule has 242 valence electrons. The molecule has 2 N–H and O–H groups in total. The van der Waals surface area contributed by atoms with Crippen molar-refractivity contribution in [3.63, 3.8) is 0 Å². The highest BCUT2D eigenvalue weighted by molar-refractivity contribution is 7.15. The summed E-state index contributed by atoms with van der Waals surface area (Å²) in [7, 11) is 0. The summed E-state index contributed by atoms with van der Waals surface area (Å²) in [5.41, 5.74) is 2.01. The number of hydrogen-bond acceptors (Lipinski definition) is 8. The van der Waals surface area contributed by atoms with Crippen LogP contribution in [-0.2, 0) is 0 Å². The summed E-state index contributed by atoms with van der Waals surface area (Å²) < 4.78 is 49.4. The van der Waals surface area contributed by atoms with Crippen molar-refractivity contribution in [2.45, 2.75) is 45.8 Å². The number of rotatable bonds is 9. The van der Waals surface area contributed by atoms with Gasteiger partial charge in [0.05, 0.1) is 21.3 Å². The fourth-order valence-corrected chi connectivity index (χ4v) is 6.40. The maximum Gasteiger partial charge on any atom is 0.261 e. The van der Waals surface area contributed by atoms with Crippen molar-refractivity contribution in [3.8, 4) is 27.6 Å². The number of likely N-dealkylation sites (tertiary alicyclic amines) is 1. The second-order valence-electron chi connectivity index (χ2n) is 11.5. The lowest BCUT2D eigenvalue weighted by molar-refractivity contribution is 0.0816.